The minimum absolute atomic E-state index is 0. The molecule has 0 rings (SSSR count). The lowest BCUT2D eigenvalue weighted by molar-refractivity contribution is 0.0310. The highest BCUT2D eigenvalue weighted by molar-refractivity contribution is 14.0. The van der Waals surface area contributed by atoms with Gasteiger partial charge in [0.2, 0.25) is 0 Å². The number of guanidine groups is 1. The zero-order chi connectivity index (χ0) is 17.0. The molecular weight excluding hydrogens is 407 g/mol. The van der Waals surface area contributed by atoms with E-state index in [4.69, 9.17) is 9.47 Å². The van der Waals surface area contributed by atoms with E-state index in [1.54, 1.807) is 7.11 Å². The van der Waals surface area contributed by atoms with Gasteiger partial charge < -0.3 is 25.0 Å². The Morgan fingerprint density at radius 1 is 1.22 bits per heavy atom. The first-order chi connectivity index (χ1) is 10.3. The fourth-order valence-electron chi connectivity index (χ4n) is 1.77. The fraction of sp³-hybridized carbons (Fsp3) is 0.938. The predicted molar refractivity (Wildman–Crippen MR) is 109 cm³/mol. The molecule has 0 aliphatic heterocycles. The Labute approximate surface area is 159 Å². The van der Waals surface area contributed by atoms with Crippen LogP contribution >= 0.6 is 24.0 Å². The number of rotatable bonds is 11. The van der Waals surface area contributed by atoms with E-state index in [2.05, 4.69) is 41.5 Å². The number of hydrogen-bond acceptors (Lipinski definition) is 4. The summed E-state index contributed by atoms with van der Waals surface area (Å²) >= 11 is 0. The quantitative estimate of drug-likeness (QED) is 0.290. The molecule has 0 saturated heterocycles. The summed E-state index contributed by atoms with van der Waals surface area (Å²) in [5.74, 6) is 0.808. The second-order valence-electron chi connectivity index (χ2n) is 6.21. The van der Waals surface area contributed by atoms with Crippen LogP contribution in [-0.4, -0.2) is 76.6 Å². The second-order valence-corrected chi connectivity index (χ2v) is 6.21. The first kappa shape index (κ1) is 25.1. The molecule has 0 saturated carbocycles. The summed E-state index contributed by atoms with van der Waals surface area (Å²) in [6.07, 6.45) is 1.18. The second kappa shape index (κ2) is 14.2. The van der Waals surface area contributed by atoms with Crippen molar-refractivity contribution in [3.8, 4) is 0 Å². The number of ether oxygens (including phenoxy) is 2. The van der Waals surface area contributed by atoms with Crippen LogP contribution in [0.1, 0.15) is 34.1 Å². The van der Waals surface area contributed by atoms with Crippen LogP contribution in [0.2, 0.25) is 0 Å². The van der Waals surface area contributed by atoms with Gasteiger partial charge in [-0.15, -0.1) is 24.0 Å². The summed E-state index contributed by atoms with van der Waals surface area (Å²) in [6, 6.07) is 0. The molecule has 0 fully saturated rings. The number of nitrogens with zero attached hydrogens (tertiary/aromatic N) is 2. The van der Waals surface area contributed by atoms with Crippen LogP contribution in [0.3, 0.4) is 0 Å². The zero-order valence-electron chi connectivity index (χ0n) is 15.9. The summed E-state index contributed by atoms with van der Waals surface area (Å²) in [6.45, 7) is 12.1. The van der Waals surface area contributed by atoms with Gasteiger partial charge in [-0.05, 0) is 48.2 Å². The summed E-state index contributed by atoms with van der Waals surface area (Å²) in [5, 5.41) is 6.62. The third-order valence-corrected chi connectivity index (χ3v) is 3.31. The molecule has 0 aromatic carbocycles. The van der Waals surface area contributed by atoms with Crippen molar-refractivity contribution in [2.45, 2.75) is 45.8 Å². The van der Waals surface area contributed by atoms with E-state index in [0.717, 1.165) is 38.6 Å². The summed E-state index contributed by atoms with van der Waals surface area (Å²) in [4.78, 5) is 6.76. The van der Waals surface area contributed by atoms with E-state index < -0.39 is 0 Å². The smallest absolute Gasteiger partial charge is 0.191 e. The molecule has 0 spiro atoms. The molecule has 140 valence electrons. The first-order valence-corrected chi connectivity index (χ1v) is 8.18. The van der Waals surface area contributed by atoms with Gasteiger partial charge in [0.15, 0.2) is 5.96 Å². The van der Waals surface area contributed by atoms with Crippen molar-refractivity contribution in [3.63, 3.8) is 0 Å². The van der Waals surface area contributed by atoms with Crippen molar-refractivity contribution >= 4 is 29.9 Å². The van der Waals surface area contributed by atoms with E-state index in [0.29, 0.717) is 6.54 Å². The molecule has 7 heteroatoms. The standard InChI is InChI=1S/C16H36N4O2.HI/c1-8-17-15(19-13-16(3,4)21-7)18-12-14(22-9-2)10-11-20(5)6;/h14H,8-13H2,1-7H3,(H2,17,18,19);1H. The number of nitrogens with one attached hydrogen (secondary N) is 2. The van der Waals surface area contributed by atoms with Crippen molar-refractivity contribution in [1.82, 2.24) is 15.5 Å². The SMILES string of the molecule is CCNC(=NCC(C)(C)OC)NCC(CCN(C)C)OCC.I. The normalized spacial score (nSPS) is 13.7. The van der Waals surface area contributed by atoms with E-state index in [-0.39, 0.29) is 35.7 Å². The molecular formula is C16H37IN4O2. The lowest BCUT2D eigenvalue weighted by atomic mass is 10.1. The molecule has 0 aromatic rings. The highest BCUT2D eigenvalue weighted by Crippen LogP contribution is 2.07. The number of halogens is 1. The lowest BCUT2D eigenvalue weighted by Gasteiger charge is -2.23. The maximum Gasteiger partial charge on any atom is 0.191 e. The van der Waals surface area contributed by atoms with Gasteiger partial charge >= 0.3 is 0 Å². The molecule has 0 radical (unpaired) electrons. The average Bonchev–Trinajstić information content (AvgIpc) is 2.47. The number of hydrogen-bond donors (Lipinski definition) is 2. The van der Waals surface area contributed by atoms with Gasteiger partial charge in [0.1, 0.15) is 0 Å². The van der Waals surface area contributed by atoms with Crippen LogP contribution in [0, 0.1) is 0 Å². The Kier molecular flexibility index (Phi) is 15.6. The van der Waals surface area contributed by atoms with E-state index in [9.17, 15) is 0 Å². The highest BCUT2D eigenvalue weighted by atomic mass is 127. The van der Waals surface area contributed by atoms with Gasteiger partial charge in [0, 0.05) is 33.4 Å². The van der Waals surface area contributed by atoms with Crippen LogP contribution in [0.5, 0.6) is 0 Å². The molecule has 0 aliphatic rings. The third-order valence-electron chi connectivity index (χ3n) is 3.31. The highest BCUT2D eigenvalue weighted by Gasteiger charge is 2.16. The Morgan fingerprint density at radius 3 is 2.35 bits per heavy atom. The summed E-state index contributed by atoms with van der Waals surface area (Å²) in [5.41, 5.74) is -0.257. The monoisotopic (exact) mass is 444 g/mol. The molecule has 0 aliphatic carbocycles. The van der Waals surface area contributed by atoms with E-state index >= 15 is 0 Å². The van der Waals surface area contributed by atoms with Crippen LogP contribution in [0.4, 0.5) is 0 Å². The Morgan fingerprint density at radius 2 is 1.87 bits per heavy atom. The molecule has 1 atom stereocenters. The van der Waals surface area contributed by atoms with Gasteiger partial charge in [-0.1, -0.05) is 0 Å². The van der Waals surface area contributed by atoms with Crippen LogP contribution in [0.15, 0.2) is 4.99 Å². The van der Waals surface area contributed by atoms with Gasteiger partial charge in [-0.3, -0.25) is 4.99 Å². The molecule has 0 aromatic heterocycles. The Bertz CT molecular complexity index is 312. The first-order valence-electron chi connectivity index (χ1n) is 8.18. The number of aliphatic imine (C=N–C) groups is 1. The maximum absolute atomic E-state index is 5.79. The molecule has 0 bridgehead atoms. The van der Waals surface area contributed by atoms with Gasteiger partial charge in [0.05, 0.1) is 18.2 Å². The predicted octanol–water partition coefficient (Wildman–Crippen LogP) is 1.94. The van der Waals surface area contributed by atoms with Crippen molar-refractivity contribution in [2.24, 2.45) is 4.99 Å². The van der Waals surface area contributed by atoms with Crippen molar-refractivity contribution < 1.29 is 9.47 Å². The van der Waals surface area contributed by atoms with Crippen molar-refractivity contribution in [2.75, 3.05) is 54.0 Å². The lowest BCUT2D eigenvalue weighted by Crippen LogP contribution is -2.43. The van der Waals surface area contributed by atoms with Gasteiger partial charge in [-0.25, -0.2) is 0 Å². The molecule has 1 unspecified atom stereocenters. The minimum Gasteiger partial charge on any atom is -0.377 e. The van der Waals surface area contributed by atoms with E-state index in [1.165, 1.54) is 0 Å². The molecule has 0 amide bonds. The summed E-state index contributed by atoms with van der Waals surface area (Å²) in [7, 11) is 5.87. The van der Waals surface area contributed by atoms with E-state index in [1.807, 2.05) is 20.8 Å². The van der Waals surface area contributed by atoms with Crippen LogP contribution in [0.25, 0.3) is 0 Å². The average molecular weight is 444 g/mol. The zero-order valence-corrected chi connectivity index (χ0v) is 18.3. The maximum atomic E-state index is 5.79. The molecule has 2 N–H and O–H groups in total. The molecule has 0 heterocycles. The van der Waals surface area contributed by atoms with Crippen LogP contribution in [-0.2, 0) is 9.47 Å². The summed E-state index contributed by atoms with van der Waals surface area (Å²) < 4.78 is 11.2. The van der Waals surface area contributed by atoms with Gasteiger partial charge in [0.25, 0.3) is 0 Å². The minimum atomic E-state index is -0.257. The molecule has 23 heavy (non-hydrogen) atoms. The number of methoxy groups -OCH3 is 1. The Hall–Kier alpha value is -0.120. The van der Waals surface area contributed by atoms with Crippen molar-refractivity contribution in [1.29, 1.82) is 0 Å². The van der Waals surface area contributed by atoms with Gasteiger partial charge in [-0.2, -0.15) is 0 Å². The third kappa shape index (κ3) is 14.0. The van der Waals surface area contributed by atoms with Crippen LogP contribution < -0.4 is 10.6 Å². The largest absolute Gasteiger partial charge is 0.377 e. The van der Waals surface area contributed by atoms with Crippen molar-refractivity contribution in [3.05, 3.63) is 0 Å². The Balaban J connectivity index is 0. The topological polar surface area (TPSA) is 58.1 Å². The fourth-order valence-corrected chi connectivity index (χ4v) is 1.77. The molecule has 6 nitrogen and oxygen atoms in total.